The summed E-state index contributed by atoms with van der Waals surface area (Å²) in [7, 11) is 0. The van der Waals surface area contributed by atoms with Gasteiger partial charge in [-0.3, -0.25) is 4.98 Å². The fourth-order valence-corrected chi connectivity index (χ4v) is 3.63. The van der Waals surface area contributed by atoms with Crippen molar-refractivity contribution in [2.75, 3.05) is 5.32 Å². The van der Waals surface area contributed by atoms with E-state index in [-0.39, 0.29) is 6.04 Å². The molecule has 148 valence electrons. The van der Waals surface area contributed by atoms with E-state index >= 15 is 0 Å². The minimum Gasteiger partial charge on any atom is -0.359 e. The van der Waals surface area contributed by atoms with Crippen molar-refractivity contribution in [3.05, 3.63) is 78.9 Å². The van der Waals surface area contributed by atoms with Gasteiger partial charge in [0, 0.05) is 23.3 Å². The predicted octanol–water partition coefficient (Wildman–Crippen LogP) is 5.38. The number of H-pyrrole nitrogens is 1. The highest BCUT2D eigenvalue weighted by Crippen LogP contribution is 2.30. The smallest absolute Gasteiger partial charge is 0.163 e. The minimum atomic E-state index is -0.0301. The Morgan fingerprint density at radius 2 is 1.63 bits per heavy atom. The number of nitrogens with zero attached hydrogens (tertiary/aromatic N) is 4. The zero-order valence-corrected chi connectivity index (χ0v) is 16.9. The molecule has 0 amide bonds. The maximum absolute atomic E-state index is 4.87. The average molecular weight is 394 g/mol. The summed E-state index contributed by atoms with van der Waals surface area (Å²) in [6, 6.07) is 20.0. The number of aromatic nitrogens is 5. The van der Waals surface area contributed by atoms with Crippen LogP contribution in [0.1, 0.15) is 25.7 Å². The van der Waals surface area contributed by atoms with Crippen LogP contribution in [-0.4, -0.2) is 24.9 Å². The van der Waals surface area contributed by atoms with E-state index in [1.807, 2.05) is 60.7 Å². The monoisotopic (exact) mass is 394 g/mol. The minimum absolute atomic E-state index is 0.0301. The molecule has 0 aliphatic rings. The molecule has 3 heterocycles. The molecular weight excluding hydrogens is 372 g/mol. The number of rotatable bonds is 5. The summed E-state index contributed by atoms with van der Waals surface area (Å²) in [4.78, 5) is 22.1. The van der Waals surface area contributed by atoms with Crippen molar-refractivity contribution in [2.45, 2.75) is 19.9 Å². The molecule has 2 N–H and O–H groups in total. The van der Waals surface area contributed by atoms with Gasteiger partial charge in [-0.25, -0.2) is 15.0 Å². The molecule has 30 heavy (non-hydrogen) atoms. The first-order valence-electron chi connectivity index (χ1n) is 10.1. The highest BCUT2D eigenvalue weighted by Gasteiger charge is 2.22. The Kier molecular flexibility index (Phi) is 4.59. The summed E-state index contributed by atoms with van der Waals surface area (Å²) in [5.74, 6) is 2.63. The van der Waals surface area contributed by atoms with E-state index < -0.39 is 0 Å². The summed E-state index contributed by atoms with van der Waals surface area (Å²) in [5.41, 5.74) is 3.77. The molecule has 0 aliphatic heterocycles. The number of pyridine rings is 1. The van der Waals surface area contributed by atoms with Crippen molar-refractivity contribution >= 4 is 27.8 Å². The topological polar surface area (TPSA) is 79.4 Å². The van der Waals surface area contributed by atoms with E-state index in [0.29, 0.717) is 11.7 Å². The highest BCUT2D eigenvalue weighted by molar-refractivity contribution is 5.90. The van der Waals surface area contributed by atoms with Gasteiger partial charge in [-0.1, -0.05) is 38.1 Å². The van der Waals surface area contributed by atoms with Crippen LogP contribution in [0.25, 0.3) is 33.3 Å². The van der Waals surface area contributed by atoms with Crippen LogP contribution < -0.4 is 5.32 Å². The van der Waals surface area contributed by atoms with Crippen LogP contribution in [0.3, 0.4) is 0 Å². The lowest BCUT2D eigenvalue weighted by Gasteiger charge is -2.22. The molecule has 6 heteroatoms. The second-order valence-corrected chi connectivity index (χ2v) is 7.66. The predicted molar refractivity (Wildman–Crippen MR) is 120 cm³/mol. The van der Waals surface area contributed by atoms with Crippen LogP contribution in [0.5, 0.6) is 0 Å². The molecule has 1 atom stereocenters. The van der Waals surface area contributed by atoms with Crippen molar-refractivity contribution in [1.29, 1.82) is 0 Å². The third-order valence-corrected chi connectivity index (χ3v) is 5.18. The number of hydrogen-bond acceptors (Lipinski definition) is 5. The van der Waals surface area contributed by atoms with Crippen molar-refractivity contribution < 1.29 is 0 Å². The van der Waals surface area contributed by atoms with Gasteiger partial charge in [0.05, 0.1) is 22.6 Å². The van der Waals surface area contributed by atoms with Gasteiger partial charge in [-0.05, 0) is 42.3 Å². The van der Waals surface area contributed by atoms with Crippen LogP contribution in [-0.2, 0) is 0 Å². The Morgan fingerprint density at radius 3 is 2.40 bits per heavy atom. The molecule has 0 aliphatic carbocycles. The molecule has 5 rings (SSSR count). The molecular formula is C24H22N6. The number of para-hydroxylation sites is 3. The Hall–Kier alpha value is -3.80. The zero-order chi connectivity index (χ0) is 20.5. The Bertz CT molecular complexity index is 1280. The maximum atomic E-state index is 4.87. The van der Waals surface area contributed by atoms with E-state index in [2.05, 4.69) is 29.1 Å². The van der Waals surface area contributed by atoms with Crippen molar-refractivity contribution in [3.8, 4) is 11.4 Å². The molecule has 0 radical (unpaired) electrons. The van der Waals surface area contributed by atoms with Gasteiger partial charge in [0.2, 0.25) is 0 Å². The zero-order valence-electron chi connectivity index (χ0n) is 16.9. The number of fused-ring (bicyclic) bond motifs is 2. The molecule has 0 saturated heterocycles. The average Bonchev–Trinajstić information content (AvgIpc) is 3.21. The quantitative estimate of drug-likeness (QED) is 0.418. The van der Waals surface area contributed by atoms with Gasteiger partial charge in [0.25, 0.3) is 0 Å². The number of hydrogen-bond donors (Lipinski definition) is 2. The van der Waals surface area contributed by atoms with Gasteiger partial charge in [-0.15, -0.1) is 0 Å². The third kappa shape index (κ3) is 3.37. The van der Waals surface area contributed by atoms with Crippen LogP contribution in [0, 0.1) is 5.92 Å². The molecule has 5 aromatic rings. The van der Waals surface area contributed by atoms with Gasteiger partial charge in [0.15, 0.2) is 5.82 Å². The molecule has 6 nitrogen and oxygen atoms in total. The molecule has 2 aromatic carbocycles. The second-order valence-electron chi connectivity index (χ2n) is 7.66. The van der Waals surface area contributed by atoms with Crippen LogP contribution >= 0.6 is 0 Å². The summed E-state index contributed by atoms with van der Waals surface area (Å²) in [5, 5.41) is 4.62. The van der Waals surface area contributed by atoms with Crippen molar-refractivity contribution in [2.24, 2.45) is 5.92 Å². The summed E-state index contributed by atoms with van der Waals surface area (Å²) in [6.07, 6.45) is 3.53. The molecule has 0 spiro atoms. The lowest BCUT2D eigenvalue weighted by Crippen LogP contribution is -2.19. The summed E-state index contributed by atoms with van der Waals surface area (Å²) in [6.45, 7) is 4.35. The lowest BCUT2D eigenvalue weighted by atomic mass is 10.0. The number of benzene rings is 2. The van der Waals surface area contributed by atoms with E-state index in [9.17, 15) is 0 Å². The first-order chi connectivity index (χ1) is 14.7. The molecule has 0 fully saturated rings. The summed E-state index contributed by atoms with van der Waals surface area (Å²) < 4.78 is 0. The van der Waals surface area contributed by atoms with E-state index in [1.165, 1.54) is 0 Å². The molecule has 0 unspecified atom stereocenters. The fourth-order valence-electron chi connectivity index (χ4n) is 3.63. The lowest BCUT2D eigenvalue weighted by molar-refractivity contribution is 0.526. The van der Waals surface area contributed by atoms with Gasteiger partial charge in [0.1, 0.15) is 11.6 Å². The van der Waals surface area contributed by atoms with Gasteiger partial charge < -0.3 is 10.3 Å². The molecule has 3 aromatic heterocycles. The van der Waals surface area contributed by atoms with Crippen LogP contribution in [0.2, 0.25) is 0 Å². The van der Waals surface area contributed by atoms with E-state index in [4.69, 9.17) is 15.0 Å². The second kappa shape index (κ2) is 7.55. The van der Waals surface area contributed by atoms with Gasteiger partial charge in [-0.2, -0.15) is 0 Å². The fraction of sp³-hybridized carbons (Fsp3) is 0.167. The first kappa shape index (κ1) is 18.2. The SMILES string of the molecule is CC(C)[C@H](Nc1nc(-c2cccnc2)nc2ccccc12)c1nc2ccccc2[nH]1. The molecule has 0 bridgehead atoms. The number of aromatic amines is 1. The third-order valence-electron chi connectivity index (χ3n) is 5.18. The van der Waals surface area contributed by atoms with E-state index in [0.717, 1.165) is 39.1 Å². The van der Waals surface area contributed by atoms with Crippen molar-refractivity contribution in [1.82, 2.24) is 24.9 Å². The standard InChI is InChI=1S/C24H22N6/c1-15(2)21(24-27-19-11-5-6-12-20(19)28-24)29-23-17-9-3-4-10-18(17)26-22(30-23)16-8-7-13-25-14-16/h3-15,21H,1-2H3,(H,27,28)(H,26,29,30)/t21-/m0/s1. The Balaban J connectivity index is 1.61. The number of nitrogens with one attached hydrogen (secondary N) is 2. The maximum Gasteiger partial charge on any atom is 0.163 e. The normalized spacial score (nSPS) is 12.5. The largest absolute Gasteiger partial charge is 0.359 e. The first-order valence-corrected chi connectivity index (χ1v) is 10.1. The van der Waals surface area contributed by atoms with Crippen molar-refractivity contribution in [3.63, 3.8) is 0 Å². The van der Waals surface area contributed by atoms with Crippen LogP contribution in [0.15, 0.2) is 73.1 Å². The Labute approximate surface area is 174 Å². The molecule has 0 saturated carbocycles. The van der Waals surface area contributed by atoms with Crippen LogP contribution in [0.4, 0.5) is 5.82 Å². The number of imidazole rings is 1. The summed E-state index contributed by atoms with van der Waals surface area (Å²) >= 11 is 0. The Morgan fingerprint density at radius 1 is 0.833 bits per heavy atom. The number of anilines is 1. The van der Waals surface area contributed by atoms with E-state index in [1.54, 1.807) is 12.4 Å². The van der Waals surface area contributed by atoms with Gasteiger partial charge >= 0.3 is 0 Å². The highest BCUT2D eigenvalue weighted by atomic mass is 15.1.